The highest BCUT2D eigenvalue weighted by atomic mass is 19.1. The van der Waals surface area contributed by atoms with Crippen LogP contribution in [0.2, 0.25) is 0 Å². The van der Waals surface area contributed by atoms with Crippen molar-refractivity contribution in [3.63, 3.8) is 0 Å². The number of amides is 2. The Bertz CT molecular complexity index is 1330. The van der Waals surface area contributed by atoms with Gasteiger partial charge in [-0.05, 0) is 75.2 Å². The fourth-order valence-corrected chi connectivity index (χ4v) is 3.90. The third kappa shape index (κ3) is 10.4. The molecule has 220 valence electrons. The summed E-state index contributed by atoms with van der Waals surface area (Å²) in [5.41, 5.74) is 3.79. The van der Waals surface area contributed by atoms with Gasteiger partial charge in [-0.2, -0.15) is 0 Å². The molecule has 8 heteroatoms. The Hall–Kier alpha value is -4.72. The first-order valence-electron chi connectivity index (χ1n) is 13.9. The van der Waals surface area contributed by atoms with Gasteiger partial charge in [0.1, 0.15) is 11.6 Å². The quantitative estimate of drug-likeness (QED) is 0.163. The van der Waals surface area contributed by atoms with Gasteiger partial charge in [0, 0.05) is 36.5 Å². The zero-order chi connectivity index (χ0) is 30.5. The van der Waals surface area contributed by atoms with Gasteiger partial charge in [0.15, 0.2) is 0 Å². The first-order valence-corrected chi connectivity index (χ1v) is 13.9. The Labute approximate surface area is 246 Å². The summed E-state index contributed by atoms with van der Waals surface area (Å²) in [5.74, 6) is -1.83. The number of rotatable bonds is 10. The summed E-state index contributed by atoms with van der Waals surface area (Å²) in [4.78, 5) is 23.8. The predicted octanol–water partition coefficient (Wildman–Crippen LogP) is 7.15. The Morgan fingerprint density at radius 1 is 0.571 bits per heavy atom. The summed E-state index contributed by atoms with van der Waals surface area (Å²) in [6.07, 6.45) is 0. The van der Waals surface area contributed by atoms with Crippen molar-refractivity contribution < 1.29 is 18.4 Å². The van der Waals surface area contributed by atoms with Gasteiger partial charge < -0.3 is 21.3 Å². The molecule has 42 heavy (non-hydrogen) atoms. The second kappa shape index (κ2) is 15.9. The number of halogens is 2. The maximum Gasteiger partial charge on any atom is 0.254 e. The zero-order valence-electron chi connectivity index (χ0n) is 24.4. The number of hydrogen-bond donors (Lipinski definition) is 4. The molecule has 0 spiro atoms. The second-order valence-electron chi connectivity index (χ2n) is 10.3. The lowest BCUT2D eigenvalue weighted by molar-refractivity contribution is 0.0930. The molecule has 0 bridgehead atoms. The minimum absolute atomic E-state index is 0.0298. The van der Waals surface area contributed by atoms with Crippen molar-refractivity contribution in [2.24, 2.45) is 0 Å². The SMILES string of the molecule is CC(C)NC(=O)c1cc(NCc2ccccc2)ccc1F.CC(C)NC(=O)c1cc(NCc2ccccc2)ccc1F. The molecule has 0 fully saturated rings. The number of anilines is 2. The van der Waals surface area contributed by atoms with Crippen molar-refractivity contribution in [3.05, 3.63) is 131 Å². The van der Waals surface area contributed by atoms with Gasteiger partial charge in [-0.25, -0.2) is 8.78 Å². The van der Waals surface area contributed by atoms with E-state index >= 15 is 0 Å². The maximum absolute atomic E-state index is 13.7. The summed E-state index contributed by atoms with van der Waals surface area (Å²) in [6.45, 7) is 8.61. The number of carbonyl (C=O) groups excluding carboxylic acids is 2. The lowest BCUT2D eigenvalue weighted by Gasteiger charge is -2.11. The van der Waals surface area contributed by atoms with Crippen molar-refractivity contribution in [1.29, 1.82) is 0 Å². The molecule has 0 saturated heterocycles. The molecular formula is C34H38F2N4O2. The van der Waals surface area contributed by atoms with Crippen LogP contribution >= 0.6 is 0 Å². The van der Waals surface area contributed by atoms with Crippen LogP contribution in [-0.2, 0) is 13.1 Å². The fraction of sp³-hybridized carbons (Fsp3) is 0.235. The Kier molecular flexibility index (Phi) is 12.0. The molecule has 0 atom stereocenters. The van der Waals surface area contributed by atoms with Crippen LogP contribution in [0, 0.1) is 11.6 Å². The van der Waals surface area contributed by atoms with Crippen LogP contribution in [0.3, 0.4) is 0 Å². The summed E-state index contributed by atoms with van der Waals surface area (Å²) >= 11 is 0. The largest absolute Gasteiger partial charge is 0.381 e. The molecule has 0 aromatic heterocycles. The molecule has 6 nitrogen and oxygen atoms in total. The molecule has 0 unspecified atom stereocenters. The highest BCUT2D eigenvalue weighted by molar-refractivity contribution is 5.96. The summed E-state index contributed by atoms with van der Waals surface area (Å²) in [6, 6.07) is 28.7. The van der Waals surface area contributed by atoms with Gasteiger partial charge in [-0.15, -0.1) is 0 Å². The number of hydrogen-bond acceptors (Lipinski definition) is 4. The number of nitrogens with one attached hydrogen (secondary N) is 4. The van der Waals surface area contributed by atoms with Crippen molar-refractivity contribution in [3.8, 4) is 0 Å². The minimum Gasteiger partial charge on any atom is -0.381 e. The third-order valence-electron chi connectivity index (χ3n) is 5.94. The lowest BCUT2D eigenvalue weighted by atomic mass is 10.1. The van der Waals surface area contributed by atoms with E-state index in [-0.39, 0.29) is 23.2 Å². The van der Waals surface area contributed by atoms with Crippen LogP contribution < -0.4 is 21.3 Å². The molecule has 2 amide bonds. The van der Waals surface area contributed by atoms with Gasteiger partial charge in [-0.1, -0.05) is 60.7 Å². The average Bonchev–Trinajstić information content (AvgIpc) is 2.97. The Balaban J connectivity index is 0.000000230. The van der Waals surface area contributed by atoms with Gasteiger partial charge in [0.25, 0.3) is 11.8 Å². The van der Waals surface area contributed by atoms with E-state index in [9.17, 15) is 18.4 Å². The van der Waals surface area contributed by atoms with E-state index in [0.717, 1.165) is 11.1 Å². The molecule has 4 aromatic carbocycles. The molecule has 4 rings (SSSR count). The smallest absolute Gasteiger partial charge is 0.254 e. The van der Waals surface area contributed by atoms with E-state index in [1.807, 2.05) is 88.4 Å². The van der Waals surface area contributed by atoms with Crippen LogP contribution in [0.4, 0.5) is 20.2 Å². The molecule has 4 aromatic rings. The van der Waals surface area contributed by atoms with Crippen molar-refractivity contribution in [2.45, 2.75) is 52.9 Å². The number of carbonyl (C=O) groups is 2. The number of benzene rings is 4. The van der Waals surface area contributed by atoms with E-state index in [2.05, 4.69) is 21.3 Å². The molecule has 0 saturated carbocycles. The topological polar surface area (TPSA) is 82.3 Å². The molecule has 0 heterocycles. The van der Waals surface area contributed by atoms with Crippen LogP contribution in [0.15, 0.2) is 97.1 Å². The molecular weight excluding hydrogens is 534 g/mol. The van der Waals surface area contributed by atoms with Crippen LogP contribution in [-0.4, -0.2) is 23.9 Å². The summed E-state index contributed by atoms with van der Waals surface area (Å²) in [5, 5.41) is 11.8. The van der Waals surface area contributed by atoms with E-state index < -0.39 is 23.4 Å². The van der Waals surface area contributed by atoms with E-state index in [1.54, 1.807) is 12.1 Å². The third-order valence-corrected chi connectivity index (χ3v) is 5.94. The first kappa shape index (κ1) is 31.8. The fourth-order valence-electron chi connectivity index (χ4n) is 3.90. The molecule has 0 radical (unpaired) electrons. The Morgan fingerprint density at radius 2 is 0.929 bits per heavy atom. The van der Waals surface area contributed by atoms with Crippen molar-refractivity contribution >= 4 is 23.2 Å². The van der Waals surface area contributed by atoms with E-state index in [4.69, 9.17) is 0 Å². The Morgan fingerprint density at radius 3 is 1.26 bits per heavy atom. The van der Waals surface area contributed by atoms with Crippen molar-refractivity contribution in [1.82, 2.24) is 10.6 Å². The normalized spacial score (nSPS) is 10.5. The molecule has 0 aliphatic carbocycles. The molecule has 0 aliphatic rings. The predicted molar refractivity (Wildman–Crippen MR) is 166 cm³/mol. The zero-order valence-corrected chi connectivity index (χ0v) is 24.4. The first-order chi connectivity index (χ1) is 20.1. The lowest BCUT2D eigenvalue weighted by Crippen LogP contribution is -2.30. The highest BCUT2D eigenvalue weighted by Crippen LogP contribution is 2.17. The minimum atomic E-state index is -0.515. The van der Waals surface area contributed by atoms with Crippen molar-refractivity contribution in [2.75, 3.05) is 10.6 Å². The van der Waals surface area contributed by atoms with E-state index in [1.165, 1.54) is 24.3 Å². The standard InChI is InChI=1S/2C17H19FN2O/c2*1-12(2)20-17(21)15-10-14(8-9-16(15)18)19-11-13-6-4-3-5-7-13/h2*3-10,12,19H,11H2,1-2H3,(H,20,21). The van der Waals surface area contributed by atoms with Gasteiger partial charge in [0.2, 0.25) is 0 Å². The van der Waals surface area contributed by atoms with Crippen LogP contribution in [0.25, 0.3) is 0 Å². The van der Waals surface area contributed by atoms with E-state index in [0.29, 0.717) is 24.5 Å². The van der Waals surface area contributed by atoms with Gasteiger partial charge >= 0.3 is 0 Å². The molecule has 0 aliphatic heterocycles. The maximum atomic E-state index is 13.7. The molecule has 4 N–H and O–H groups in total. The van der Waals surface area contributed by atoms with Gasteiger partial charge in [0.05, 0.1) is 11.1 Å². The summed E-state index contributed by atoms with van der Waals surface area (Å²) < 4.78 is 27.5. The monoisotopic (exact) mass is 572 g/mol. The van der Waals surface area contributed by atoms with Gasteiger partial charge in [-0.3, -0.25) is 9.59 Å². The average molecular weight is 573 g/mol. The van der Waals surface area contributed by atoms with Crippen LogP contribution in [0.1, 0.15) is 59.5 Å². The van der Waals surface area contributed by atoms with Crippen LogP contribution in [0.5, 0.6) is 0 Å². The highest BCUT2D eigenvalue weighted by Gasteiger charge is 2.14. The second-order valence-corrected chi connectivity index (χ2v) is 10.3. The summed E-state index contributed by atoms with van der Waals surface area (Å²) in [7, 11) is 0.